The quantitative estimate of drug-likeness (QED) is 0.920. The molecule has 1 aliphatic carbocycles. The second-order valence-corrected chi connectivity index (χ2v) is 8.01. The predicted octanol–water partition coefficient (Wildman–Crippen LogP) is 2.63. The van der Waals surface area contributed by atoms with Crippen LogP contribution in [0.2, 0.25) is 5.02 Å². The Morgan fingerprint density at radius 3 is 2.61 bits per heavy atom. The number of rotatable bonds is 4. The highest BCUT2D eigenvalue weighted by Crippen LogP contribution is 2.62. The smallest absolute Gasteiger partial charge is 0.225 e. The van der Waals surface area contributed by atoms with Gasteiger partial charge in [-0.2, -0.15) is 0 Å². The van der Waals surface area contributed by atoms with Crippen LogP contribution in [0.1, 0.15) is 32.3 Å². The molecular formula is C18H23ClN2O2. The van der Waals surface area contributed by atoms with Gasteiger partial charge in [0, 0.05) is 24.5 Å². The van der Waals surface area contributed by atoms with E-state index >= 15 is 0 Å². The van der Waals surface area contributed by atoms with E-state index in [0.29, 0.717) is 31.0 Å². The lowest BCUT2D eigenvalue weighted by Gasteiger charge is -2.54. The van der Waals surface area contributed by atoms with Crippen molar-refractivity contribution in [2.75, 3.05) is 13.1 Å². The van der Waals surface area contributed by atoms with E-state index in [1.54, 1.807) is 0 Å². The van der Waals surface area contributed by atoms with Gasteiger partial charge in [-0.05, 0) is 35.8 Å². The van der Waals surface area contributed by atoms with E-state index in [9.17, 15) is 9.59 Å². The van der Waals surface area contributed by atoms with Crippen molar-refractivity contribution >= 4 is 23.4 Å². The molecule has 0 bridgehead atoms. The molecule has 1 heterocycles. The highest BCUT2D eigenvalue weighted by molar-refractivity contribution is 6.31. The number of hydrogen-bond acceptors (Lipinski definition) is 2. The molecule has 2 amide bonds. The Morgan fingerprint density at radius 1 is 1.35 bits per heavy atom. The van der Waals surface area contributed by atoms with E-state index in [2.05, 4.69) is 13.8 Å². The Morgan fingerprint density at radius 2 is 2.04 bits per heavy atom. The maximum atomic E-state index is 12.6. The van der Waals surface area contributed by atoms with E-state index in [-0.39, 0.29) is 23.1 Å². The number of fused-ring (bicyclic) bond motifs is 1. The summed E-state index contributed by atoms with van der Waals surface area (Å²) in [6.07, 6.45) is 1.80. The van der Waals surface area contributed by atoms with Gasteiger partial charge in [0.05, 0.1) is 5.41 Å². The number of nitrogens with two attached hydrogens (primary N) is 1. The summed E-state index contributed by atoms with van der Waals surface area (Å²) in [5.74, 6) is -0.00395. The summed E-state index contributed by atoms with van der Waals surface area (Å²) in [5.41, 5.74) is 6.19. The van der Waals surface area contributed by atoms with Crippen LogP contribution in [-0.2, 0) is 16.0 Å². The van der Waals surface area contributed by atoms with Crippen LogP contribution >= 0.6 is 11.6 Å². The third-order valence-corrected chi connectivity index (χ3v) is 6.04. The summed E-state index contributed by atoms with van der Waals surface area (Å²) in [4.78, 5) is 26.3. The van der Waals surface area contributed by atoms with Crippen molar-refractivity contribution in [3.05, 3.63) is 34.9 Å². The maximum absolute atomic E-state index is 12.6. The van der Waals surface area contributed by atoms with Gasteiger partial charge in [0.25, 0.3) is 0 Å². The number of carbonyl (C=O) groups excluding carboxylic acids is 2. The van der Waals surface area contributed by atoms with Gasteiger partial charge >= 0.3 is 0 Å². The predicted molar refractivity (Wildman–Crippen MR) is 89.9 cm³/mol. The Hall–Kier alpha value is -1.55. The topological polar surface area (TPSA) is 63.4 Å². The van der Waals surface area contributed by atoms with E-state index in [4.69, 9.17) is 17.3 Å². The lowest BCUT2D eigenvalue weighted by molar-refractivity contribution is -0.148. The maximum Gasteiger partial charge on any atom is 0.225 e. The highest BCUT2D eigenvalue weighted by Gasteiger charge is 2.66. The molecule has 2 atom stereocenters. The number of likely N-dealkylation sites (tertiary alicyclic amines) is 1. The summed E-state index contributed by atoms with van der Waals surface area (Å²) in [6, 6.07) is 7.58. The minimum atomic E-state index is -0.510. The van der Waals surface area contributed by atoms with Crippen LogP contribution in [0, 0.1) is 16.7 Å². The number of amides is 2. The lowest BCUT2D eigenvalue weighted by atomic mass is 9.48. The second kappa shape index (κ2) is 5.52. The van der Waals surface area contributed by atoms with Crippen LogP contribution in [0.5, 0.6) is 0 Å². The molecule has 0 spiro atoms. The number of benzene rings is 1. The zero-order valence-corrected chi connectivity index (χ0v) is 14.4. The first-order chi connectivity index (χ1) is 10.8. The van der Waals surface area contributed by atoms with Gasteiger partial charge in [0.15, 0.2) is 0 Å². The van der Waals surface area contributed by atoms with Gasteiger partial charge in [-0.25, -0.2) is 0 Å². The molecule has 1 saturated heterocycles. The molecular weight excluding hydrogens is 312 g/mol. The SMILES string of the molecule is CC1(C)C[C@]2(C(N)=O)CN(C(=O)CCc3ccccc3Cl)C[C@H]12. The minimum Gasteiger partial charge on any atom is -0.369 e. The third-order valence-electron chi connectivity index (χ3n) is 5.67. The molecule has 2 fully saturated rings. The highest BCUT2D eigenvalue weighted by atomic mass is 35.5. The Bertz CT molecular complexity index is 658. The number of carbonyl (C=O) groups is 2. The minimum absolute atomic E-state index is 0.0762. The molecule has 4 nitrogen and oxygen atoms in total. The van der Waals surface area contributed by atoms with E-state index in [1.807, 2.05) is 29.2 Å². The first-order valence-corrected chi connectivity index (χ1v) is 8.45. The fraction of sp³-hybridized carbons (Fsp3) is 0.556. The molecule has 124 valence electrons. The van der Waals surface area contributed by atoms with Crippen LogP contribution in [-0.4, -0.2) is 29.8 Å². The average molecular weight is 335 g/mol. The van der Waals surface area contributed by atoms with Crippen molar-refractivity contribution in [1.29, 1.82) is 0 Å². The Labute approximate surface area is 142 Å². The summed E-state index contributed by atoms with van der Waals surface area (Å²) in [6.45, 7) is 5.40. The summed E-state index contributed by atoms with van der Waals surface area (Å²) >= 11 is 6.14. The molecule has 0 radical (unpaired) electrons. The average Bonchev–Trinajstić information content (AvgIpc) is 2.82. The Kier molecular flexibility index (Phi) is 3.91. The van der Waals surface area contributed by atoms with E-state index in [1.165, 1.54) is 0 Å². The summed E-state index contributed by atoms with van der Waals surface area (Å²) in [7, 11) is 0. The molecule has 3 rings (SSSR count). The van der Waals surface area contributed by atoms with Crippen molar-refractivity contribution in [3.8, 4) is 0 Å². The molecule has 2 aliphatic rings. The van der Waals surface area contributed by atoms with Gasteiger partial charge in [-0.3, -0.25) is 9.59 Å². The largest absolute Gasteiger partial charge is 0.369 e. The normalized spacial score (nSPS) is 28.1. The van der Waals surface area contributed by atoms with E-state index in [0.717, 1.165) is 12.0 Å². The van der Waals surface area contributed by atoms with Gasteiger partial charge in [-0.1, -0.05) is 43.6 Å². The molecule has 5 heteroatoms. The molecule has 0 unspecified atom stereocenters. The van der Waals surface area contributed by atoms with Gasteiger partial charge < -0.3 is 10.6 Å². The first-order valence-electron chi connectivity index (χ1n) is 8.07. The van der Waals surface area contributed by atoms with Gasteiger partial charge in [0.1, 0.15) is 0 Å². The molecule has 0 aromatic heterocycles. The standard InChI is InChI=1S/C18H23ClN2O2/c1-17(2)10-18(16(20)23)11-21(9-14(17)18)15(22)8-7-12-5-3-4-6-13(12)19/h3-6,14H,7-11H2,1-2H3,(H2,20,23)/t14-,18+/m1/s1. The fourth-order valence-corrected chi connectivity index (χ4v) is 4.75. The van der Waals surface area contributed by atoms with Crippen LogP contribution in [0.15, 0.2) is 24.3 Å². The molecule has 1 saturated carbocycles. The van der Waals surface area contributed by atoms with Crippen LogP contribution in [0.3, 0.4) is 0 Å². The van der Waals surface area contributed by atoms with Crippen LogP contribution < -0.4 is 5.73 Å². The van der Waals surface area contributed by atoms with Crippen LogP contribution in [0.4, 0.5) is 0 Å². The molecule has 1 aromatic rings. The van der Waals surface area contributed by atoms with Crippen molar-refractivity contribution in [1.82, 2.24) is 4.90 Å². The Balaban J connectivity index is 1.66. The lowest BCUT2D eigenvalue weighted by Crippen LogP contribution is -2.59. The third kappa shape index (κ3) is 2.63. The number of halogens is 1. The van der Waals surface area contributed by atoms with Crippen molar-refractivity contribution in [3.63, 3.8) is 0 Å². The van der Waals surface area contributed by atoms with Crippen molar-refractivity contribution < 1.29 is 9.59 Å². The molecule has 2 N–H and O–H groups in total. The number of aryl methyl sites for hydroxylation is 1. The number of nitrogens with zero attached hydrogens (tertiary/aromatic N) is 1. The number of primary amides is 1. The number of hydrogen-bond donors (Lipinski definition) is 1. The zero-order valence-electron chi connectivity index (χ0n) is 13.6. The fourth-order valence-electron chi connectivity index (χ4n) is 4.52. The van der Waals surface area contributed by atoms with Gasteiger partial charge in [-0.15, -0.1) is 0 Å². The molecule has 23 heavy (non-hydrogen) atoms. The van der Waals surface area contributed by atoms with Crippen LogP contribution in [0.25, 0.3) is 0 Å². The summed E-state index contributed by atoms with van der Waals surface area (Å²) < 4.78 is 0. The van der Waals surface area contributed by atoms with Crippen molar-refractivity contribution in [2.45, 2.75) is 33.1 Å². The monoisotopic (exact) mass is 334 g/mol. The van der Waals surface area contributed by atoms with Crippen molar-refractivity contribution in [2.24, 2.45) is 22.5 Å². The molecule has 1 aromatic carbocycles. The molecule has 1 aliphatic heterocycles. The zero-order chi connectivity index (χ0) is 16.8. The second-order valence-electron chi connectivity index (χ2n) is 7.60. The summed E-state index contributed by atoms with van der Waals surface area (Å²) in [5, 5.41) is 0.691. The van der Waals surface area contributed by atoms with E-state index < -0.39 is 5.41 Å². The first kappa shape index (κ1) is 16.3. The van der Waals surface area contributed by atoms with Gasteiger partial charge in [0.2, 0.25) is 11.8 Å².